The highest BCUT2D eigenvalue weighted by molar-refractivity contribution is 5.37. The smallest absolute Gasteiger partial charge is 0.122 e. The Labute approximate surface area is 104 Å². The molecule has 3 heteroatoms. The maximum Gasteiger partial charge on any atom is 0.122 e. The summed E-state index contributed by atoms with van der Waals surface area (Å²) >= 11 is 0. The van der Waals surface area contributed by atoms with Gasteiger partial charge in [0.05, 0.1) is 13.7 Å². The molecule has 96 valence electrons. The van der Waals surface area contributed by atoms with Crippen LogP contribution in [-0.2, 0) is 12.8 Å². The summed E-state index contributed by atoms with van der Waals surface area (Å²) in [6.45, 7) is 4.06. The predicted molar refractivity (Wildman–Crippen MR) is 70.7 cm³/mol. The van der Waals surface area contributed by atoms with E-state index >= 15 is 0 Å². The molecule has 0 aliphatic rings. The van der Waals surface area contributed by atoms with E-state index in [-0.39, 0.29) is 6.61 Å². The molecule has 0 aromatic heterocycles. The second kappa shape index (κ2) is 7.30. The van der Waals surface area contributed by atoms with Gasteiger partial charge < -0.3 is 14.7 Å². The first kappa shape index (κ1) is 14.0. The van der Waals surface area contributed by atoms with Gasteiger partial charge in [-0.3, -0.25) is 0 Å². The summed E-state index contributed by atoms with van der Waals surface area (Å²) < 4.78 is 5.31. The molecule has 1 aromatic rings. The van der Waals surface area contributed by atoms with Crippen molar-refractivity contribution in [3.05, 3.63) is 29.3 Å². The molecule has 0 atom stereocenters. The van der Waals surface area contributed by atoms with Gasteiger partial charge in [-0.15, -0.1) is 0 Å². The second-order valence-corrected chi connectivity index (χ2v) is 4.28. The van der Waals surface area contributed by atoms with Gasteiger partial charge in [0.15, 0.2) is 0 Å². The zero-order valence-corrected chi connectivity index (χ0v) is 11.1. The van der Waals surface area contributed by atoms with Crippen molar-refractivity contribution in [1.29, 1.82) is 0 Å². The molecule has 17 heavy (non-hydrogen) atoms. The van der Waals surface area contributed by atoms with Crippen molar-refractivity contribution in [3.63, 3.8) is 0 Å². The highest BCUT2D eigenvalue weighted by Crippen LogP contribution is 2.20. The lowest BCUT2D eigenvalue weighted by Gasteiger charge is -2.15. The van der Waals surface area contributed by atoms with Crippen LogP contribution in [0.4, 0.5) is 0 Å². The summed E-state index contributed by atoms with van der Waals surface area (Å²) in [5, 5.41) is 8.83. The third-order valence-electron chi connectivity index (χ3n) is 2.99. The van der Waals surface area contributed by atoms with Crippen LogP contribution >= 0.6 is 0 Å². The maximum atomic E-state index is 8.83. The first-order chi connectivity index (χ1) is 8.21. The minimum atomic E-state index is 0.222. The van der Waals surface area contributed by atoms with Gasteiger partial charge in [-0.25, -0.2) is 0 Å². The number of hydrogen-bond donors (Lipinski definition) is 1. The van der Waals surface area contributed by atoms with E-state index < -0.39 is 0 Å². The molecule has 0 bridgehead atoms. The highest BCUT2D eigenvalue weighted by Gasteiger charge is 2.04. The molecule has 0 heterocycles. The van der Waals surface area contributed by atoms with Crippen LogP contribution in [0.2, 0.25) is 0 Å². The number of methoxy groups -OCH3 is 1. The Balaban J connectivity index is 2.60. The van der Waals surface area contributed by atoms with Crippen molar-refractivity contribution in [2.45, 2.75) is 19.8 Å². The summed E-state index contributed by atoms with van der Waals surface area (Å²) in [6, 6.07) is 6.37. The van der Waals surface area contributed by atoms with Crippen molar-refractivity contribution >= 4 is 0 Å². The maximum absolute atomic E-state index is 8.83. The van der Waals surface area contributed by atoms with Gasteiger partial charge in [0.25, 0.3) is 0 Å². The molecule has 0 amide bonds. The number of hydrogen-bond acceptors (Lipinski definition) is 3. The number of aryl methyl sites for hydroxylation is 1. The largest absolute Gasteiger partial charge is 0.496 e. The van der Waals surface area contributed by atoms with E-state index in [1.165, 1.54) is 11.1 Å². The molecular formula is C14H23NO2. The molecule has 1 aromatic carbocycles. The van der Waals surface area contributed by atoms with E-state index in [1.807, 2.05) is 13.1 Å². The minimum Gasteiger partial charge on any atom is -0.496 e. The van der Waals surface area contributed by atoms with Crippen LogP contribution in [-0.4, -0.2) is 43.9 Å². The monoisotopic (exact) mass is 237 g/mol. The van der Waals surface area contributed by atoms with Crippen LogP contribution in [0.1, 0.15) is 18.1 Å². The fourth-order valence-electron chi connectivity index (χ4n) is 1.87. The van der Waals surface area contributed by atoms with Crippen LogP contribution in [0.15, 0.2) is 18.2 Å². The Morgan fingerprint density at radius 1 is 1.29 bits per heavy atom. The Hall–Kier alpha value is -1.06. The van der Waals surface area contributed by atoms with Gasteiger partial charge in [0.1, 0.15) is 5.75 Å². The zero-order chi connectivity index (χ0) is 12.7. The number of aliphatic hydroxyl groups is 1. The Kier molecular flexibility index (Phi) is 6.01. The quantitative estimate of drug-likeness (QED) is 0.784. The summed E-state index contributed by atoms with van der Waals surface area (Å²) in [4.78, 5) is 2.13. The van der Waals surface area contributed by atoms with E-state index in [0.717, 1.165) is 31.7 Å². The van der Waals surface area contributed by atoms with Crippen molar-refractivity contribution < 1.29 is 9.84 Å². The van der Waals surface area contributed by atoms with E-state index in [4.69, 9.17) is 9.84 Å². The highest BCUT2D eigenvalue weighted by atomic mass is 16.5. The standard InChI is InChI=1S/C14H23NO2/c1-4-13-11-12(5-6-14(13)17-3)7-8-15(2)9-10-16/h5-6,11,16H,4,7-10H2,1-3H3. The Bertz CT molecular complexity index is 339. The number of ether oxygens (including phenoxy) is 1. The van der Waals surface area contributed by atoms with Crippen LogP contribution in [0, 0.1) is 0 Å². The SMILES string of the molecule is CCc1cc(CCN(C)CCO)ccc1OC. The van der Waals surface area contributed by atoms with Gasteiger partial charge in [0.2, 0.25) is 0 Å². The molecule has 0 radical (unpaired) electrons. The van der Waals surface area contributed by atoms with Crippen LogP contribution < -0.4 is 4.74 Å². The van der Waals surface area contributed by atoms with Gasteiger partial charge in [-0.1, -0.05) is 19.1 Å². The van der Waals surface area contributed by atoms with Gasteiger partial charge in [0, 0.05) is 13.1 Å². The lowest BCUT2D eigenvalue weighted by atomic mass is 10.1. The summed E-state index contributed by atoms with van der Waals surface area (Å²) in [5.41, 5.74) is 2.59. The molecule has 0 aliphatic heterocycles. The molecular weight excluding hydrogens is 214 g/mol. The molecule has 0 saturated carbocycles. The third kappa shape index (κ3) is 4.36. The fourth-order valence-corrected chi connectivity index (χ4v) is 1.87. The number of aliphatic hydroxyl groups excluding tert-OH is 1. The summed E-state index contributed by atoms with van der Waals surface area (Å²) in [6.07, 6.45) is 2.00. The van der Waals surface area contributed by atoms with Gasteiger partial charge in [-0.2, -0.15) is 0 Å². The topological polar surface area (TPSA) is 32.7 Å². The average molecular weight is 237 g/mol. The number of nitrogens with zero attached hydrogens (tertiary/aromatic N) is 1. The third-order valence-corrected chi connectivity index (χ3v) is 2.99. The molecule has 0 spiro atoms. The molecule has 0 fully saturated rings. The van der Waals surface area contributed by atoms with Crippen molar-refractivity contribution in [3.8, 4) is 5.75 Å². The first-order valence-corrected chi connectivity index (χ1v) is 6.16. The number of rotatable bonds is 7. The minimum absolute atomic E-state index is 0.222. The fraction of sp³-hybridized carbons (Fsp3) is 0.571. The number of likely N-dealkylation sites (N-methyl/N-ethyl adjacent to an activating group) is 1. The van der Waals surface area contributed by atoms with Crippen LogP contribution in [0.3, 0.4) is 0 Å². The molecule has 1 N–H and O–H groups in total. The average Bonchev–Trinajstić information content (AvgIpc) is 2.36. The predicted octanol–water partition coefficient (Wildman–Crippen LogP) is 1.72. The van der Waals surface area contributed by atoms with Gasteiger partial charge in [-0.05, 0) is 37.1 Å². The van der Waals surface area contributed by atoms with Crippen molar-refractivity contribution in [1.82, 2.24) is 4.90 Å². The van der Waals surface area contributed by atoms with Gasteiger partial charge >= 0.3 is 0 Å². The normalized spacial score (nSPS) is 10.9. The lowest BCUT2D eigenvalue weighted by molar-refractivity contribution is 0.223. The summed E-state index contributed by atoms with van der Waals surface area (Å²) in [5.74, 6) is 0.972. The van der Waals surface area contributed by atoms with Crippen LogP contribution in [0.5, 0.6) is 5.75 Å². The van der Waals surface area contributed by atoms with Crippen molar-refractivity contribution in [2.75, 3.05) is 33.9 Å². The zero-order valence-electron chi connectivity index (χ0n) is 11.1. The second-order valence-electron chi connectivity index (χ2n) is 4.28. The molecule has 1 rings (SSSR count). The lowest BCUT2D eigenvalue weighted by Crippen LogP contribution is -2.24. The van der Waals surface area contributed by atoms with E-state index in [0.29, 0.717) is 0 Å². The Morgan fingerprint density at radius 3 is 2.65 bits per heavy atom. The summed E-state index contributed by atoms with van der Waals surface area (Å²) in [7, 11) is 3.74. The molecule has 0 aliphatic carbocycles. The van der Waals surface area contributed by atoms with Crippen LogP contribution in [0.25, 0.3) is 0 Å². The van der Waals surface area contributed by atoms with E-state index in [9.17, 15) is 0 Å². The number of benzene rings is 1. The first-order valence-electron chi connectivity index (χ1n) is 6.16. The van der Waals surface area contributed by atoms with E-state index in [2.05, 4.69) is 24.0 Å². The molecule has 0 unspecified atom stereocenters. The molecule has 3 nitrogen and oxygen atoms in total. The van der Waals surface area contributed by atoms with Crippen molar-refractivity contribution in [2.24, 2.45) is 0 Å². The molecule has 0 saturated heterocycles. The van der Waals surface area contributed by atoms with E-state index in [1.54, 1.807) is 7.11 Å². The Morgan fingerprint density at radius 2 is 2.06 bits per heavy atom.